The molecule has 0 aliphatic carbocycles. The maximum atomic E-state index is 3.69. The average Bonchev–Trinajstić information content (AvgIpc) is 1.68. The van der Waals surface area contributed by atoms with Crippen LogP contribution >= 0.6 is 26.8 Å². The molecule has 0 aromatic heterocycles. The summed E-state index contributed by atoms with van der Waals surface area (Å²) in [5.74, 6) is 4.00. The molecule has 0 aliphatic rings. The predicted molar refractivity (Wildman–Crippen MR) is 51.3 cm³/mol. The molecular formula is C4H9BIP. The molecule has 0 N–H and O–H groups in total. The quantitative estimate of drug-likeness (QED) is 0.383. The van der Waals surface area contributed by atoms with Gasteiger partial charge < -0.3 is 0 Å². The van der Waals surface area contributed by atoms with Gasteiger partial charge in [0.1, 0.15) is 0 Å². The predicted octanol–water partition coefficient (Wildman–Crippen LogP) is 1.92. The molecule has 0 unspecified atom stereocenters. The maximum absolute atomic E-state index is 3.69. The number of halogens is 1. The minimum absolute atomic E-state index is 1.15. The molecule has 0 aromatic rings. The molecule has 0 rings (SSSR count). The second-order valence-electron chi connectivity index (χ2n) is 1.56. The van der Waals surface area contributed by atoms with Crippen LogP contribution < -0.4 is 0 Å². The molecule has 3 heteroatoms. The molecule has 0 bridgehead atoms. The Kier molecular flexibility index (Phi) is 3.17. The Hall–Kier alpha value is 0.705. The Bertz CT molecular complexity index is 79.7. The third kappa shape index (κ3) is 3.30. The van der Waals surface area contributed by atoms with E-state index in [1.807, 2.05) is 11.6 Å². The van der Waals surface area contributed by atoms with Gasteiger partial charge in [-0.3, -0.25) is 0 Å². The normalized spacial score (nSPS) is 12.7. The average molecular weight is 226 g/mol. The van der Waals surface area contributed by atoms with Crippen molar-refractivity contribution in [1.29, 1.82) is 0 Å². The molecule has 40 valence electrons. The van der Waals surface area contributed by atoms with Gasteiger partial charge in [0.25, 0.3) is 0 Å². The van der Waals surface area contributed by atoms with Crippen molar-refractivity contribution in [2.24, 2.45) is 0 Å². The molecule has 0 atom stereocenters. The SMILES string of the molecule is B[PH](I)(C=C)C=C. The summed E-state index contributed by atoms with van der Waals surface area (Å²) in [5.41, 5.74) is 0. The van der Waals surface area contributed by atoms with Crippen LogP contribution in [0.5, 0.6) is 0 Å². The van der Waals surface area contributed by atoms with Gasteiger partial charge in [-0.05, 0) is 0 Å². The topological polar surface area (TPSA) is 0 Å². The van der Waals surface area contributed by atoms with E-state index in [9.17, 15) is 0 Å². The standard InChI is InChI=1S/C4H9BIP/c1-3-7(5,6)4-2/h3-4,7H,1-2,5H2. The summed E-state index contributed by atoms with van der Waals surface area (Å²) in [5, 5.41) is 0. The van der Waals surface area contributed by atoms with Crippen LogP contribution in [0.2, 0.25) is 0 Å². The zero-order chi connectivity index (χ0) is 5.91. The fourth-order valence-corrected chi connectivity index (χ4v) is 0.250. The molecule has 0 radical (unpaired) electrons. The first-order chi connectivity index (χ1) is 3.12. The van der Waals surface area contributed by atoms with Gasteiger partial charge in [0, 0.05) is 0 Å². The van der Waals surface area contributed by atoms with Gasteiger partial charge in [0.05, 0.1) is 0 Å². The summed E-state index contributed by atoms with van der Waals surface area (Å²) >= 11 is 2.41. The molecule has 0 amide bonds. The van der Waals surface area contributed by atoms with Crippen molar-refractivity contribution in [3.8, 4) is 0 Å². The molecule has 0 nitrogen and oxygen atoms in total. The Labute approximate surface area is 59.3 Å². The van der Waals surface area contributed by atoms with Crippen molar-refractivity contribution in [1.82, 2.24) is 0 Å². The van der Waals surface area contributed by atoms with Gasteiger partial charge in [-0.25, -0.2) is 0 Å². The van der Waals surface area contributed by atoms with E-state index in [4.69, 9.17) is 0 Å². The van der Waals surface area contributed by atoms with E-state index in [0.717, 1.165) is 0 Å². The summed E-state index contributed by atoms with van der Waals surface area (Å²) in [6, 6.07) is 0. The summed E-state index contributed by atoms with van der Waals surface area (Å²) in [6.45, 7) is 7.37. The van der Waals surface area contributed by atoms with Crippen molar-refractivity contribution in [2.45, 2.75) is 0 Å². The monoisotopic (exact) mass is 226 g/mol. The first kappa shape index (κ1) is 7.70. The van der Waals surface area contributed by atoms with Crippen molar-refractivity contribution in [3.63, 3.8) is 0 Å². The van der Waals surface area contributed by atoms with Gasteiger partial charge in [0.15, 0.2) is 0 Å². The fraction of sp³-hybridized carbons (Fsp3) is 0. The molecule has 0 saturated heterocycles. The summed E-state index contributed by atoms with van der Waals surface area (Å²) in [4.78, 5) is -1.15. The third-order valence-corrected chi connectivity index (χ3v) is 5.04. The molecule has 0 aliphatic heterocycles. The van der Waals surface area contributed by atoms with Crippen LogP contribution in [-0.4, -0.2) is 7.57 Å². The Morgan fingerprint density at radius 1 is 1.43 bits per heavy atom. The van der Waals surface area contributed by atoms with Crippen LogP contribution in [0.1, 0.15) is 0 Å². The number of hydrogen-bond acceptors (Lipinski definition) is 0. The van der Waals surface area contributed by atoms with Crippen LogP contribution in [0.4, 0.5) is 0 Å². The third-order valence-electron chi connectivity index (χ3n) is 0.798. The van der Waals surface area contributed by atoms with Crippen molar-refractivity contribution in [3.05, 3.63) is 24.8 Å². The van der Waals surface area contributed by atoms with E-state index in [-0.39, 0.29) is 0 Å². The first-order valence-corrected chi connectivity index (χ1v) is 7.85. The van der Waals surface area contributed by atoms with Gasteiger partial charge in [0.2, 0.25) is 0 Å². The van der Waals surface area contributed by atoms with E-state index in [0.29, 0.717) is 0 Å². The molecule has 0 saturated carbocycles. The van der Waals surface area contributed by atoms with E-state index in [1.165, 1.54) is 0 Å². The zero-order valence-corrected chi connectivity index (χ0v) is 7.60. The van der Waals surface area contributed by atoms with Crippen molar-refractivity contribution in [2.75, 3.05) is 0 Å². The van der Waals surface area contributed by atoms with E-state index < -0.39 is 4.78 Å². The Balaban J connectivity index is 3.82. The summed E-state index contributed by atoms with van der Waals surface area (Å²) in [7, 11) is 2.19. The van der Waals surface area contributed by atoms with Crippen LogP contribution in [0, 0.1) is 0 Å². The molecule has 0 heterocycles. The minimum atomic E-state index is -1.15. The summed E-state index contributed by atoms with van der Waals surface area (Å²) < 4.78 is 0. The molecule has 0 spiro atoms. The molecule has 0 aromatic carbocycles. The number of rotatable bonds is 2. The van der Waals surface area contributed by atoms with E-state index in [2.05, 4.69) is 42.8 Å². The second kappa shape index (κ2) is 2.88. The van der Waals surface area contributed by atoms with Gasteiger partial charge in [-0.15, -0.1) is 0 Å². The molecular weight excluding hydrogens is 217 g/mol. The first-order valence-electron chi connectivity index (χ1n) is 2.08. The summed E-state index contributed by atoms with van der Waals surface area (Å²) in [6.07, 6.45) is 0. The molecule has 0 fully saturated rings. The van der Waals surface area contributed by atoms with E-state index in [1.54, 1.807) is 0 Å². The fourth-order valence-electron chi connectivity index (χ4n) is 0.0833. The van der Waals surface area contributed by atoms with Gasteiger partial charge >= 0.3 is 59.2 Å². The van der Waals surface area contributed by atoms with Gasteiger partial charge in [-0.1, -0.05) is 0 Å². The molecule has 7 heavy (non-hydrogen) atoms. The van der Waals surface area contributed by atoms with Crippen LogP contribution in [0.25, 0.3) is 0 Å². The zero-order valence-electron chi connectivity index (χ0n) is 4.45. The van der Waals surface area contributed by atoms with Crippen LogP contribution in [0.3, 0.4) is 0 Å². The number of hydrogen-bond donors (Lipinski definition) is 0. The Morgan fingerprint density at radius 3 is 1.71 bits per heavy atom. The second-order valence-corrected chi connectivity index (χ2v) is 11.7. The van der Waals surface area contributed by atoms with Crippen molar-refractivity contribution < 1.29 is 0 Å². The van der Waals surface area contributed by atoms with Crippen molar-refractivity contribution >= 4 is 34.4 Å². The van der Waals surface area contributed by atoms with Gasteiger partial charge in [-0.2, -0.15) is 0 Å². The van der Waals surface area contributed by atoms with E-state index >= 15 is 0 Å². The Morgan fingerprint density at radius 2 is 1.71 bits per heavy atom. The van der Waals surface area contributed by atoms with Crippen LogP contribution in [0.15, 0.2) is 24.8 Å². The van der Waals surface area contributed by atoms with Crippen LogP contribution in [-0.2, 0) is 0 Å².